The number of anilines is 3. The molecule has 0 unspecified atom stereocenters. The second kappa shape index (κ2) is 13.6. The van der Waals surface area contributed by atoms with Gasteiger partial charge in [-0.25, -0.2) is 0 Å². The molecule has 1 heterocycles. The fourth-order valence-corrected chi connectivity index (χ4v) is 7.45. The average Bonchev–Trinajstić information content (AvgIpc) is 3.54. The summed E-state index contributed by atoms with van der Waals surface area (Å²) in [4.78, 5) is 2.21. The molecule has 9 rings (SSSR count). The lowest BCUT2D eigenvalue weighted by molar-refractivity contribution is 1.18. The molecule has 4 heteroatoms. The number of benzene rings is 8. The maximum atomic E-state index is 6.25. The van der Waals surface area contributed by atoms with Crippen molar-refractivity contribution in [2.24, 2.45) is 0 Å². The van der Waals surface area contributed by atoms with E-state index in [1.165, 1.54) is 44.1 Å². The first-order chi connectivity index (χ1) is 25.6. The Morgan fingerprint density at radius 3 is 1.46 bits per heavy atom. The molecule has 0 aliphatic carbocycles. The molecule has 248 valence electrons. The van der Waals surface area contributed by atoms with Crippen molar-refractivity contribution in [3.63, 3.8) is 0 Å². The van der Waals surface area contributed by atoms with Crippen LogP contribution in [0.25, 0.3) is 60.9 Å². The third kappa shape index (κ3) is 6.03. The third-order valence-corrected chi connectivity index (χ3v) is 10.2. The first-order valence-corrected chi connectivity index (χ1v) is 18.1. The number of rotatable bonds is 7. The lowest BCUT2D eigenvalue weighted by Crippen LogP contribution is -2.09. The summed E-state index contributed by atoms with van der Waals surface area (Å²) >= 11 is 12.5. The largest absolute Gasteiger partial charge is 0.311 e. The quantitative estimate of drug-likeness (QED) is 0.160. The molecule has 0 amide bonds. The zero-order chi connectivity index (χ0) is 35.0. The Bertz CT molecular complexity index is 2630. The fourth-order valence-electron chi connectivity index (χ4n) is 7.19. The van der Waals surface area contributed by atoms with Crippen LogP contribution in [0.3, 0.4) is 0 Å². The smallest absolute Gasteiger partial charge is 0.0541 e. The highest BCUT2D eigenvalue weighted by Gasteiger charge is 2.16. The molecule has 0 bridgehead atoms. The zero-order valence-electron chi connectivity index (χ0n) is 28.1. The van der Waals surface area contributed by atoms with Gasteiger partial charge in [0, 0.05) is 43.6 Å². The van der Waals surface area contributed by atoms with Gasteiger partial charge in [-0.1, -0.05) is 120 Å². The van der Waals surface area contributed by atoms with E-state index in [1.807, 2.05) is 48.5 Å². The van der Waals surface area contributed by atoms with E-state index < -0.39 is 0 Å². The highest BCUT2D eigenvalue weighted by atomic mass is 35.5. The zero-order valence-corrected chi connectivity index (χ0v) is 29.6. The maximum absolute atomic E-state index is 6.25. The van der Waals surface area contributed by atoms with Gasteiger partial charge < -0.3 is 9.47 Å². The van der Waals surface area contributed by atoms with E-state index in [2.05, 4.69) is 155 Å². The van der Waals surface area contributed by atoms with Gasteiger partial charge in [0.25, 0.3) is 0 Å². The molecule has 0 atom stereocenters. The average molecular weight is 708 g/mol. The van der Waals surface area contributed by atoms with Crippen LogP contribution in [0.4, 0.5) is 17.1 Å². The van der Waals surface area contributed by atoms with Crippen molar-refractivity contribution >= 4 is 62.1 Å². The van der Waals surface area contributed by atoms with E-state index in [9.17, 15) is 0 Å². The van der Waals surface area contributed by atoms with E-state index in [0.29, 0.717) is 10.0 Å². The Balaban J connectivity index is 1.09. The van der Waals surface area contributed by atoms with Crippen LogP contribution in [0.1, 0.15) is 0 Å². The van der Waals surface area contributed by atoms with Gasteiger partial charge in [0.15, 0.2) is 0 Å². The Hall–Kier alpha value is -6.06. The molecule has 8 aromatic carbocycles. The van der Waals surface area contributed by atoms with Crippen LogP contribution in [0, 0.1) is 0 Å². The van der Waals surface area contributed by atoms with Gasteiger partial charge in [0.2, 0.25) is 0 Å². The molecular weight excluding hydrogens is 675 g/mol. The molecule has 9 aromatic rings. The van der Waals surface area contributed by atoms with Crippen molar-refractivity contribution in [1.29, 1.82) is 0 Å². The van der Waals surface area contributed by atoms with Crippen molar-refractivity contribution in [2.75, 3.05) is 4.90 Å². The van der Waals surface area contributed by atoms with Gasteiger partial charge in [0.1, 0.15) is 0 Å². The maximum Gasteiger partial charge on any atom is 0.0541 e. The van der Waals surface area contributed by atoms with Gasteiger partial charge >= 0.3 is 0 Å². The molecule has 0 radical (unpaired) electrons. The first-order valence-electron chi connectivity index (χ1n) is 17.3. The first kappa shape index (κ1) is 31.9. The van der Waals surface area contributed by atoms with E-state index in [0.717, 1.165) is 33.9 Å². The highest BCUT2D eigenvalue weighted by Crippen LogP contribution is 2.39. The number of nitrogens with zero attached hydrogens (tertiary/aromatic N) is 2. The Labute approximate surface area is 313 Å². The summed E-state index contributed by atoms with van der Waals surface area (Å²) in [7, 11) is 0. The van der Waals surface area contributed by atoms with E-state index >= 15 is 0 Å². The van der Waals surface area contributed by atoms with Crippen LogP contribution >= 0.6 is 23.2 Å². The van der Waals surface area contributed by atoms with Crippen molar-refractivity contribution < 1.29 is 0 Å². The van der Waals surface area contributed by atoms with Gasteiger partial charge in [0.05, 0.1) is 11.0 Å². The predicted octanol–water partition coefficient (Wildman–Crippen LogP) is 14.6. The summed E-state index contributed by atoms with van der Waals surface area (Å²) in [5.74, 6) is 0. The van der Waals surface area contributed by atoms with Crippen LogP contribution in [-0.2, 0) is 0 Å². The molecule has 0 saturated carbocycles. The van der Waals surface area contributed by atoms with Crippen LogP contribution in [0.5, 0.6) is 0 Å². The second-order valence-electron chi connectivity index (χ2n) is 12.9. The molecule has 0 saturated heterocycles. The number of fused-ring (bicyclic) bond motifs is 3. The van der Waals surface area contributed by atoms with Crippen molar-refractivity contribution in [3.8, 4) is 39.1 Å². The monoisotopic (exact) mass is 706 g/mol. The fraction of sp³-hybridized carbons (Fsp3) is 0. The van der Waals surface area contributed by atoms with Gasteiger partial charge in [-0.3, -0.25) is 0 Å². The summed E-state index contributed by atoms with van der Waals surface area (Å²) in [6, 6.07) is 68.3. The minimum Gasteiger partial charge on any atom is -0.311 e. The number of para-hydroxylation sites is 1. The molecule has 0 aliphatic heterocycles. The molecule has 1 aromatic heterocycles. The summed E-state index contributed by atoms with van der Waals surface area (Å²) in [5, 5.41) is 3.85. The van der Waals surface area contributed by atoms with Crippen molar-refractivity contribution in [2.45, 2.75) is 0 Å². The van der Waals surface area contributed by atoms with Crippen LogP contribution in [0.15, 0.2) is 194 Å². The molecule has 0 spiro atoms. The normalized spacial score (nSPS) is 11.3. The van der Waals surface area contributed by atoms with Crippen LogP contribution < -0.4 is 4.90 Å². The summed E-state index contributed by atoms with van der Waals surface area (Å²) < 4.78 is 2.39. The third-order valence-electron chi connectivity index (χ3n) is 9.71. The minimum atomic E-state index is 0.702. The van der Waals surface area contributed by atoms with Gasteiger partial charge in [-0.2, -0.15) is 0 Å². The van der Waals surface area contributed by atoms with E-state index in [-0.39, 0.29) is 0 Å². The summed E-state index contributed by atoms with van der Waals surface area (Å²) in [6.07, 6.45) is 0. The van der Waals surface area contributed by atoms with Gasteiger partial charge in [-0.05, 0) is 130 Å². The van der Waals surface area contributed by atoms with Crippen LogP contribution in [0.2, 0.25) is 10.0 Å². The number of aromatic nitrogens is 1. The Morgan fingerprint density at radius 2 is 0.788 bits per heavy atom. The van der Waals surface area contributed by atoms with E-state index in [4.69, 9.17) is 23.2 Å². The summed E-state index contributed by atoms with van der Waals surface area (Å²) in [6.45, 7) is 0. The van der Waals surface area contributed by atoms with Crippen molar-refractivity contribution in [1.82, 2.24) is 4.57 Å². The number of hydrogen-bond donors (Lipinski definition) is 0. The Kier molecular flexibility index (Phi) is 8.33. The van der Waals surface area contributed by atoms with Crippen LogP contribution in [-0.4, -0.2) is 4.57 Å². The Morgan fingerprint density at radius 1 is 0.327 bits per heavy atom. The predicted molar refractivity (Wildman–Crippen MR) is 222 cm³/mol. The molecule has 0 aliphatic rings. The molecule has 2 nitrogen and oxygen atoms in total. The molecule has 0 fully saturated rings. The minimum absolute atomic E-state index is 0.702. The lowest BCUT2D eigenvalue weighted by Gasteiger charge is -2.25. The summed E-state index contributed by atoms with van der Waals surface area (Å²) in [5.41, 5.74) is 13.7. The molecular formula is C48H32Cl2N2. The highest BCUT2D eigenvalue weighted by molar-refractivity contribution is 6.31. The molecule has 52 heavy (non-hydrogen) atoms. The second-order valence-corrected chi connectivity index (χ2v) is 13.8. The van der Waals surface area contributed by atoms with Gasteiger partial charge in [-0.15, -0.1) is 0 Å². The topological polar surface area (TPSA) is 8.17 Å². The lowest BCUT2D eigenvalue weighted by atomic mass is 9.99. The molecule has 0 N–H and O–H groups in total. The van der Waals surface area contributed by atoms with E-state index in [1.54, 1.807) is 0 Å². The SMILES string of the molecule is Clc1ccc(N(c2ccc(Cl)cc2)c2ccc(-c3ccc4c(c3)c3ccccc3n4-c3cccc(-c4cccc(-c5ccccc5)c4)c3)cc2)cc1. The number of hydrogen-bond acceptors (Lipinski definition) is 1. The standard InChI is InChI=1S/C48H32Cl2N2/c49-39-19-25-42(26-20-39)51(43-27-21-40(50)22-28-43)41-23-16-34(17-24-41)38-18-29-48-46(32-38)45-14-4-5-15-47(45)52(48)44-13-7-12-37(31-44)36-11-6-10-35(30-36)33-8-2-1-3-9-33/h1-32H. The number of halogens is 2. The van der Waals surface area contributed by atoms with Crippen molar-refractivity contribution in [3.05, 3.63) is 204 Å².